The molecule has 1 amide bonds. The van der Waals surface area contributed by atoms with E-state index in [1.165, 1.54) is 7.11 Å². The maximum atomic E-state index is 12.7. The van der Waals surface area contributed by atoms with Crippen LogP contribution in [0.1, 0.15) is 38.8 Å². The lowest BCUT2D eigenvalue weighted by Crippen LogP contribution is -2.13. The van der Waals surface area contributed by atoms with Crippen LogP contribution < -0.4 is 10.1 Å². The van der Waals surface area contributed by atoms with Crippen molar-refractivity contribution in [3.8, 4) is 5.75 Å². The smallest absolute Gasteiger partial charge is 0.337 e. The van der Waals surface area contributed by atoms with E-state index in [9.17, 15) is 9.59 Å². The van der Waals surface area contributed by atoms with Gasteiger partial charge in [-0.3, -0.25) is 4.79 Å². The summed E-state index contributed by atoms with van der Waals surface area (Å²) < 4.78 is 16.2. The Morgan fingerprint density at radius 1 is 0.871 bits per heavy atom. The number of hydrogen-bond donors (Lipinski definition) is 1. The Labute approximate surface area is 181 Å². The summed E-state index contributed by atoms with van der Waals surface area (Å²) in [6.07, 6.45) is 0. The number of nitrogens with one attached hydrogen (secondary N) is 1. The van der Waals surface area contributed by atoms with Gasteiger partial charge < -0.3 is 19.5 Å². The van der Waals surface area contributed by atoms with Gasteiger partial charge in [0.25, 0.3) is 5.91 Å². The number of carbonyl (C=O) groups is 2. The van der Waals surface area contributed by atoms with Crippen molar-refractivity contribution in [1.29, 1.82) is 0 Å². The fourth-order valence-corrected chi connectivity index (χ4v) is 2.99. The maximum Gasteiger partial charge on any atom is 0.337 e. The number of ether oxygens (including phenoxy) is 3. The Morgan fingerprint density at radius 2 is 1.58 bits per heavy atom. The molecule has 1 N–H and O–H groups in total. The van der Waals surface area contributed by atoms with E-state index in [4.69, 9.17) is 9.47 Å². The first kappa shape index (κ1) is 22.1. The van der Waals surface area contributed by atoms with E-state index < -0.39 is 5.97 Å². The van der Waals surface area contributed by atoms with Crippen molar-refractivity contribution in [3.05, 3.63) is 95.1 Å². The lowest BCUT2D eigenvalue weighted by atomic mass is 10.1. The van der Waals surface area contributed by atoms with Gasteiger partial charge in [0.1, 0.15) is 5.75 Å². The molecule has 0 bridgehead atoms. The second-order valence-corrected chi connectivity index (χ2v) is 6.76. The van der Waals surface area contributed by atoms with Crippen molar-refractivity contribution < 1.29 is 23.8 Å². The van der Waals surface area contributed by atoms with E-state index in [0.717, 1.165) is 11.1 Å². The van der Waals surface area contributed by atoms with Crippen molar-refractivity contribution >= 4 is 17.6 Å². The van der Waals surface area contributed by atoms with Crippen molar-refractivity contribution in [1.82, 2.24) is 0 Å². The number of amides is 1. The molecule has 0 saturated carbocycles. The van der Waals surface area contributed by atoms with Gasteiger partial charge in [0.05, 0.1) is 32.5 Å². The Kier molecular flexibility index (Phi) is 7.79. The third-order valence-corrected chi connectivity index (χ3v) is 4.56. The zero-order chi connectivity index (χ0) is 22.1. The highest BCUT2D eigenvalue weighted by atomic mass is 16.5. The summed E-state index contributed by atoms with van der Waals surface area (Å²) in [7, 11) is 1.32. The molecule has 31 heavy (non-hydrogen) atoms. The molecule has 0 spiro atoms. The Bertz CT molecular complexity index is 1020. The Hall–Kier alpha value is -3.64. The predicted molar refractivity (Wildman–Crippen MR) is 118 cm³/mol. The van der Waals surface area contributed by atoms with Crippen LogP contribution in [0.3, 0.4) is 0 Å². The Morgan fingerprint density at radius 3 is 2.26 bits per heavy atom. The van der Waals surface area contributed by atoms with Crippen LogP contribution in [0.4, 0.5) is 5.69 Å². The average Bonchev–Trinajstić information content (AvgIpc) is 2.81. The number of methoxy groups -OCH3 is 1. The quantitative estimate of drug-likeness (QED) is 0.503. The molecule has 0 atom stereocenters. The molecule has 6 nitrogen and oxygen atoms in total. The van der Waals surface area contributed by atoms with Crippen LogP contribution in [0.25, 0.3) is 0 Å². The van der Waals surface area contributed by atoms with Gasteiger partial charge in [-0.2, -0.15) is 0 Å². The molecule has 0 heterocycles. The SMILES string of the molecule is CCOc1ccc(C(=O)Nc2ccc(C(=O)OC)cc2)cc1COCc1ccccc1. The second kappa shape index (κ2) is 10.9. The summed E-state index contributed by atoms with van der Waals surface area (Å²) in [5.74, 6) is -0.00254. The third-order valence-electron chi connectivity index (χ3n) is 4.56. The minimum atomic E-state index is -0.426. The molecular formula is C25H25NO5. The number of esters is 1. The highest BCUT2D eigenvalue weighted by Crippen LogP contribution is 2.23. The maximum absolute atomic E-state index is 12.7. The lowest BCUT2D eigenvalue weighted by molar-refractivity contribution is 0.0600. The van der Waals surface area contributed by atoms with Gasteiger partial charge in [0.15, 0.2) is 0 Å². The molecule has 0 fully saturated rings. The van der Waals surface area contributed by atoms with E-state index in [0.29, 0.717) is 42.4 Å². The minimum Gasteiger partial charge on any atom is -0.494 e. The van der Waals surface area contributed by atoms with Crippen molar-refractivity contribution in [2.75, 3.05) is 19.0 Å². The lowest BCUT2D eigenvalue weighted by Gasteiger charge is -2.13. The molecule has 0 aliphatic carbocycles. The van der Waals surface area contributed by atoms with Gasteiger partial charge in [0, 0.05) is 16.8 Å². The number of hydrogen-bond acceptors (Lipinski definition) is 5. The van der Waals surface area contributed by atoms with Gasteiger partial charge in [-0.25, -0.2) is 4.79 Å². The van der Waals surface area contributed by atoms with Crippen LogP contribution in [-0.2, 0) is 22.7 Å². The van der Waals surface area contributed by atoms with Gasteiger partial charge >= 0.3 is 5.97 Å². The Balaban J connectivity index is 1.69. The van der Waals surface area contributed by atoms with Crippen LogP contribution >= 0.6 is 0 Å². The number of anilines is 1. The highest BCUT2D eigenvalue weighted by Gasteiger charge is 2.12. The molecule has 3 aromatic carbocycles. The third kappa shape index (κ3) is 6.17. The molecule has 3 rings (SSSR count). The predicted octanol–water partition coefficient (Wildman–Crippen LogP) is 4.84. The van der Waals surface area contributed by atoms with E-state index in [2.05, 4.69) is 10.1 Å². The van der Waals surface area contributed by atoms with Crippen LogP contribution in [0.15, 0.2) is 72.8 Å². The summed E-state index contributed by atoms with van der Waals surface area (Å²) >= 11 is 0. The van der Waals surface area contributed by atoms with E-state index in [1.54, 1.807) is 42.5 Å². The molecule has 0 aliphatic heterocycles. The van der Waals surface area contributed by atoms with Crippen LogP contribution in [-0.4, -0.2) is 25.6 Å². The summed E-state index contributed by atoms with van der Waals surface area (Å²) in [4.78, 5) is 24.3. The normalized spacial score (nSPS) is 10.4. The summed E-state index contributed by atoms with van der Waals surface area (Å²) in [5, 5.41) is 2.83. The largest absolute Gasteiger partial charge is 0.494 e. The summed E-state index contributed by atoms with van der Waals surface area (Å²) in [6.45, 7) is 3.21. The van der Waals surface area contributed by atoms with Crippen molar-refractivity contribution in [2.45, 2.75) is 20.1 Å². The van der Waals surface area contributed by atoms with Gasteiger partial charge in [-0.05, 0) is 55.0 Å². The van der Waals surface area contributed by atoms with E-state index in [-0.39, 0.29) is 5.91 Å². The first-order chi connectivity index (χ1) is 15.1. The van der Waals surface area contributed by atoms with Gasteiger partial charge in [0.2, 0.25) is 0 Å². The number of carbonyl (C=O) groups excluding carboxylic acids is 2. The van der Waals surface area contributed by atoms with E-state index in [1.807, 2.05) is 37.3 Å². The summed E-state index contributed by atoms with van der Waals surface area (Å²) in [5.41, 5.74) is 3.35. The highest BCUT2D eigenvalue weighted by molar-refractivity contribution is 6.04. The zero-order valence-electron chi connectivity index (χ0n) is 17.6. The molecule has 0 unspecified atom stereocenters. The molecule has 0 radical (unpaired) electrons. The number of benzene rings is 3. The molecule has 6 heteroatoms. The minimum absolute atomic E-state index is 0.266. The fourth-order valence-electron chi connectivity index (χ4n) is 2.99. The van der Waals surface area contributed by atoms with Crippen LogP contribution in [0.2, 0.25) is 0 Å². The fraction of sp³-hybridized carbons (Fsp3) is 0.200. The van der Waals surface area contributed by atoms with Crippen LogP contribution in [0, 0.1) is 0 Å². The first-order valence-corrected chi connectivity index (χ1v) is 9.98. The molecule has 0 aliphatic rings. The second-order valence-electron chi connectivity index (χ2n) is 6.76. The molecule has 0 saturated heterocycles. The zero-order valence-corrected chi connectivity index (χ0v) is 17.6. The van der Waals surface area contributed by atoms with E-state index >= 15 is 0 Å². The monoisotopic (exact) mass is 419 g/mol. The average molecular weight is 419 g/mol. The van der Waals surface area contributed by atoms with Crippen LogP contribution in [0.5, 0.6) is 5.75 Å². The molecule has 3 aromatic rings. The number of rotatable bonds is 9. The van der Waals surface area contributed by atoms with Gasteiger partial charge in [-0.1, -0.05) is 30.3 Å². The molecular weight excluding hydrogens is 394 g/mol. The standard InChI is InChI=1S/C25H25NO5/c1-3-31-23-14-11-20(15-21(23)17-30-16-18-7-5-4-6-8-18)24(27)26-22-12-9-19(10-13-22)25(28)29-2/h4-15H,3,16-17H2,1-2H3,(H,26,27). The topological polar surface area (TPSA) is 73.9 Å². The van der Waals surface area contributed by atoms with Crippen molar-refractivity contribution in [3.63, 3.8) is 0 Å². The first-order valence-electron chi connectivity index (χ1n) is 9.98. The molecule has 160 valence electrons. The summed E-state index contributed by atoms with van der Waals surface area (Å²) in [6, 6.07) is 21.7. The molecule has 0 aromatic heterocycles. The van der Waals surface area contributed by atoms with Gasteiger partial charge in [-0.15, -0.1) is 0 Å². The van der Waals surface area contributed by atoms with Crippen molar-refractivity contribution in [2.24, 2.45) is 0 Å².